The number of sulfonamides is 1. The first kappa shape index (κ1) is 16.0. The predicted octanol–water partition coefficient (Wildman–Crippen LogP) is 1.50. The minimum atomic E-state index is -3.50. The van der Waals surface area contributed by atoms with Crippen LogP contribution in [0.2, 0.25) is 0 Å². The summed E-state index contributed by atoms with van der Waals surface area (Å²) < 4.78 is 51.5. The second-order valence-corrected chi connectivity index (χ2v) is 6.46. The fourth-order valence-electron chi connectivity index (χ4n) is 1.61. The van der Waals surface area contributed by atoms with Crippen molar-refractivity contribution in [3.63, 3.8) is 0 Å². The first-order valence-corrected chi connectivity index (χ1v) is 7.48. The molecule has 0 saturated carbocycles. The molecule has 1 unspecified atom stereocenters. The van der Waals surface area contributed by atoms with Crippen LogP contribution in [-0.4, -0.2) is 25.8 Å². The minimum Gasteiger partial charge on any atom is -0.384 e. The third-order valence-corrected chi connectivity index (χ3v) is 4.15. The summed E-state index contributed by atoms with van der Waals surface area (Å²) in [5.41, 5.74) is -1.91. The Labute approximate surface area is 111 Å². The lowest BCUT2D eigenvalue weighted by atomic mass is 9.96. The van der Waals surface area contributed by atoms with Crippen LogP contribution >= 0.6 is 0 Å². The van der Waals surface area contributed by atoms with E-state index in [1.807, 2.05) is 0 Å². The van der Waals surface area contributed by atoms with Gasteiger partial charge in [0.2, 0.25) is 10.0 Å². The Hall–Kier alpha value is -1.05. The molecule has 4 nitrogen and oxygen atoms in total. The van der Waals surface area contributed by atoms with E-state index in [0.29, 0.717) is 12.5 Å². The normalized spacial score (nSPS) is 15.2. The second-order valence-electron chi connectivity index (χ2n) is 4.54. The summed E-state index contributed by atoms with van der Waals surface area (Å²) in [5, 5.41) is 10.1. The van der Waals surface area contributed by atoms with Gasteiger partial charge in [0.15, 0.2) is 0 Å². The van der Waals surface area contributed by atoms with E-state index in [4.69, 9.17) is 0 Å². The van der Waals surface area contributed by atoms with Gasteiger partial charge in [-0.15, -0.1) is 0 Å². The lowest BCUT2D eigenvalue weighted by Crippen LogP contribution is -2.40. The van der Waals surface area contributed by atoms with E-state index in [0.717, 1.165) is 12.1 Å². The average Bonchev–Trinajstić information content (AvgIpc) is 2.26. The Balaban J connectivity index is 2.87. The van der Waals surface area contributed by atoms with Crippen LogP contribution in [0.25, 0.3) is 0 Å². The summed E-state index contributed by atoms with van der Waals surface area (Å²) in [6.45, 7) is 2.59. The molecule has 0 aliphatic rings. The number of aliphatic hydroxyl groups is 1. The van der Waals surface area contributed by atoms with Gasteiger partial charge in [-0.1, -0.05) is 13.0 Å². The van der Waals surface area contributed by atoms with Gasteiger partial charge in [0.25, 0.3) is 0 Å². The maximum absolute atomic E-state index is 13.5. The predicted molar refractivity (Wildman–Crippen MR) is 68.0 cm³/mol. The smallest absolute Gasteiger partial charge is 0.211 e. The molecule has 1 atom stereocenters. The van der Waals surface area contributed by atoms with E-state index < -0.39 is 27.3 Å². The van der Waals surface area contributed by atoms with Gasteiger partial charge in [-0.25, -0.2) is 21.9 Å². The number of hydrogen-bond donors (Lipinski definition) is 2. The largest absolute Gasteiger partial charge is 0.384 e. The Morgan fingerprint density at radius 3 is 2.53 bits per heavy atom. The monoisotopic (exact) mass is 293 g/mol. The zero-order valence-corrected chi connectivity index (χ0v) is 11.6. The molecule has 1 aromatic carbocycles. The zero-order valence-electron chi connectivity index (χ0n) is 10.8. The lowest BCUT2D eigenvalue weighted by molar-refractivity contribution is 0.0588. The van der Waals surface area contributed by atoms with Crippen molar-refractivity contribution < 1.29 is 22.3 Å². The van der Waals surface area contributed by atoms with Crippen molar-refractivity contribution >= 4 is 10.0 Å². The Bertz CT molecular complexity index is 544. The Morgan fingerprint density at radius 1 is 1.37 bits per heavy atom. The summed E-state index contributed by atoms with van der Waals surface area (Å²) in [7, 11) is -3.50. The first-order valence-electron chi connectivity index (χ1n) is 5.83. The van der Waals surface area contributed by atoms with Gasteiger partial charge in [0, 0.05) is 18.2 Å². The molecule has 1 aromatic rings. The molecule has 0 bridgehead atoms. The van der Waals surface area contributed by atoms with E-state index in [-0.39, 0.29) is 17.9 Å². The summed E-state index contributed by atoms with van der Waals surface area (Å²) in [5.74, 6) is -1.75. The summed E-state index contributed by atoms with van der Waals surface area (Å²) in [6, 6.07) is 2.75. The number of benzene rings is 1. The van der Waals surface area contributed by atoms with Crippen LogP contribution in [0.5, 0.6) is 0 Å². The van der Waals surface area contributed by atoms with Crippen LogP contribution in [0.15, 0.2) is 18.2 Å². The maximum Gasteiger partial charge on any atom is 0.211 e. The van der Waals surface area contributed by atoms with E-state index in [2.05, 4.69) is 4.72 Å². The highest BCUT2D eigenvalue weighted by molar-refractivity contribution is 7.89. The highest BCUT2D eigenvalue weighted by Gasteiger charge is 2.28. The molecule has 0 amide bonds. The van der Waals surface area contributed by atoms with Gasteiger partial charge in [-0.3, -0.25) is 0 Å². The standard InChI is InChI=1S/C12H17F2NO3S/c1-3-6-19(17,18)15-8-12(2,16)10-5-4-9(13)7-11(10)14/h4-5,7,15-16H,3,6,8H2,1-2H3. The third-order valence-electron chi connectivity index (χ3n) is 2.62. The highest BCUT2D eigenvalue weighted by Crippen LogP contribution is 2.23. The maximum atomic E-state index is 13.5. The van der Waals surface area contributed by atoms with Crippen LogP contribution in [0.1, 0.15) is 25.8 Å². The van der Waals surface area contributed by atoms with Gasteiger partial charge in [-0.2, -0.15) is 0 Å². The number of halogens is 2. The van der Waals surface area contributed by atoms with E-state index >= 15 is 0 Å². The molecule has 0 fully saturated rings. The molecule has 7 heteroatoms. The molecular weight excluding hydrogens is 276 g/mol. The molecule has 108 valence electrons. The van der Waals surface area contributed by atoms with Crippen molar-refractivity contribution in [1.29, 1.82) is 0 Å². The van der Waals surface area contributed by atoms with Gasteiger partial charge in [0.1, 0.15) is 17.2 Å². The third kappa shape index (κ3) is 4.52. The molecule has 0 heterocycles. The van der Waals surface area contributed by atoms with Crippen LogP contribution in [-0.2, 0) is 15.6 Å². The van der Waals surface area contributed by atoms with Crippen molar-refractivity contribution in [1.82, 2.24) is 4.72 Å². The SMILES string of the molecule is CCCS(=O)(=O)NCC(C)(O)c1ccc(F)cc1F. The van der Waals surface area contributed by atoms with Gasteiger partial charge in [0.05, 0.1) is 5.75 Å². The molecule has 0 aromatic heterocycles. The average molecular weight is 293 g/mol. The Morgan fingerprint density at radius 2 is 2.00 bits per heavy atom. The van der Waals surface area contributed by atoms with Crippen molar-refractivity contribution in [2.24, 2.45) is 0 Å². The van der Waals surface area contributed by atoms with Crippen molar-refractivity contribution in [3.05, 3.63) is 35.4 Å². The zero-order chi connectivity index (χ0) is 14.7. The first-order chi connectivity index (χ1) is 8.68. The van der Waals surface area contributed by atoms with E-state index in [1.54, 1.807) is 6.92 Å². The quantitative estimate of drug-likeness (QED) is 0.835. The van der Waals surface area contributed by atoms with E-state index in [9.17, 15) is 22.3 Å². The molecule has 0 saturated heterocycles. The molecule has 0 aliphatic carbocycles. The Kier molecular flexibility index (Phi) is 5.00. The second kappa shape index (κ2) is 5.94. The molecular formula is C12H17F2NO3S. The molecule has 0 spiro atoms. The summed E-state index contributed by atoms with van der Waals surface area (Å²) in [6.07, 6.45) is 0.433. The topological polar surface area (TPSA) is 66.4 Å². The molecule has 0 radical (unpaired) electrons. The minimum absolute atomic E-state index is 0.0744. The summed E-state index contributed by atoms with van der Waals surface area (Å²) >= 11 is 0. The molecule has 1 rings (SSSR count). The number of hydrogen-bond acceptors (Lipinski definition) is 3. The molecule has 2 N–H and O–H groups in total. The fraction of sp³-hybridized carbons (Fsp3) is 0.500. The van der Waals surface area contributed by atoms with Crippen molar-refractivity contribution in [2.45, 2.75) is 25.9 Å². The molecule has 19 heavy (non-hydrogen) atoms. The van der Waals surface area contributed by atoms with Crippen LogP contribution in [0.4, 0.5) is 8.78 Å². The number of nitrogens with one attached hydrogen (secondary N) is 1. The van der Waals surface area contributed by atoms with Crippen LogP contribution in [0.3, 0.4) is 0 Å². The van der Waals surface area contributed by atoms with Crippen LogP contribution < -0.4 is 4.72 Å². The summed E-state index contributed by atoms with van der Waals surface area (Å²) in [4.78, 5) is 0. The van der Waals surface area contributed by atoms with Crippen LogP contribution in [0, 0.1) is 11.6 Å². The van der Waals surface area contributed by atoms with Crippen molar-refractivity contribution in [3.8, 4) is 0 Å². The number of rotatable bonds is 6. The van der Waals surface area contributed by atoms with Gasteiger partial charge < -0.3 is 5.11 Å². The molecule has 0 aliphatic heterocycles. The van der Waals surface area contributed by atoms with Gasteiger partial charge >= 0.3 is 0 Å². The van der Waals surface area contributed by atoms with E-state index in [1.165, 1.54) is 6.92 Å². The van der Waals surface area contributed by atoms with Gasteiger partial charge in [-0.05, 0) is 19.4 Å². The highest BCUT2D eigenvalue weighted by atomic mass is 32.2. The lowest BCUT2D eigenvalue weighted by Gasteiger charge is -2.24. The van der Waals surface area contributed by atoms with Crippen molar-refractivity contribution in [2.75, 3.05) is 12.3 Å². The fourth-order valence-corrected chi connectivity index (χ4v) is 2.80.